The minimum Gasteiger partial charge on any atom is -0.385 e. The third-order valence-electron chi connectivity index (χ3n) is 4.56. The number of hydrogen-bond acceptors (Lipinski definition) is 4. The van der Waals surface area contributed by atoms with E-state index in [1.54, 1.807) is 24.1 Å². The van der Waals surface area contributed by atoms with Crippen molar-refractivity contribution in [2.45, 2.75) is 45.6 Å². The van der Waals surface area contributed by atoms with Crippen molar-refractivity contribution in [3.8, 4) is 11.1 Å². The molecule has 138 valence electrons. The molecule has 0 amide bonds. The molecular weight excluding hydrogens is 328 g/mol. The van der Waals surface area contributed by atoms with Gasteiger partial charge in [-0.25, -0.2) is 9.78 Å². The fraction of sp³-hybridized carbons (Fsp3) is 0.450. The van der Waals surface area contributed by atoms with Crippen molar-refractivity contribution < 1.29 is 4.74 Å². The number of aryl methyl sites for hydroxylation is 2. The van der Waals surface area contributed by atoms with Crippen LogP contribution >= 0.6 is 0 Å². The summed E-state index contributed by atoms with van der Waals surface area (Å²) < 4.78 is 6.82. The number of fused-ring (bicyclic) bond motifs is 1. The predicted molar refractivity (Wildman–Crippen MR) is 103 cm³/mol. The molecule has 0 bridgehead atoms. The lowest BCUT2D eigenvalue weighted by atomic mass is 10.0. The topological polar surface area (TPSA) is 72.8 Å². The summed E-state index contributed by atoms with van der Waals surface area (Å²) in [6.45, 7) is 3.42. The zero-order valence-electron chi connectivity index (χ0n) is 15.5. The molecule has 26 heavy (non-hydrogen) atoms. The second kappa shape index (κ2) is 8.76. The number of imidazole rings is 1. The Morgan fingerprint density at radius 2 is 2.00 bits per heavy atom. The molecule has 6 nitrogen and oxygen atoms in total. The molecule has 3 aromatic rings. The first-order valence-electron chi connectivity index (χ1n) is 9.26. The van der Waals surface area contributed by atoms with Gasteiger partial charge < -0.3 is 9.72 Å². The minimum atomic E-state index is -0.116. The van der Waals surface area contributed by atoms with E-state index in [-0.39, 0.29) is 5.69 Å². The van der Waals surface area contributed by atoms with E-state index < -0.39 is 0 Å². The number of rotatable bonds is 9. The number of methoxy groups -OCH3 is 1. The maximum atomic E-state index is 12.4. The van der Waals surface area contributed by atoms with Gasteiger partial charge in [0.15, 0.2) is 5.65 Å². The van der Waals surface area contributed by atoms with Crippen LogP contribution in [-0.4, -0.2) is 33.2 Å². The molecule has 3 heterocycles. The average Bonchev–Trinajstić information content (AvgIpc) is 2.97. The second-order valence-corrected chi connectivity index (χ2v) is 6.47. The third kappa shape index (κ3) is 4.02. The first-order chi connectivity index (χ1) is 12.7. The second-order valence-electron chi connectivity index (χ2n) is 6.47. The van der Waals surface area contributed by atoms with E-state index in [4.69, 9.17) is 9.72 Å². The van der Waals surface area contributed by atoms with E-state index in [0.29, 0.717) is 13.2 Å². The molecule has 6 heteroatoms. The normalized spacial score (nSPS) is 11.3. The zero-order chi connectivity index (χ0) is 18.4. The molecule has 0 saturated heterocycles. The summed E-state index contributed by atoms with van der Waals surface area (Å²) >= 11 is 0. The highest BCUT2D eigenvalue weighted by atomic mass is 16.5. The van der Waals surface area contributed by atoms with Gasteiger partial charge in [0.1, 0.15) is 0 Å². The number of aromatic nitrogens is 4. The standard InChI is InChI=1S/C20H26N4O2/c1-3-4-5-7-17-16(15-8-10-21-11-9-15)14-18-19(22-17)24(20(25)23-18)12-6-13-26-2/h8-11,14H,3-7,12-13H2,1-2H3,(H,23,25). The SMILES string of the molecule is CCCCCc1nc2c(cc1-c1ccncc1)[nH]c(=O)n2CCCOC. The van der Waals surface area contributed by atoms with Gasteiger partial charge in [-0.3, -0.25) is 9.55 Å². The van der Waals surface area contributed by atoms with Crippen LogP contribution < -0.4 is 5.69 Å². The van der Waals surface area contributed by atoms with Gasteiger partial charge in [0.2, 0.25) is 0 Å². The lowest BCUT2D eigenvalue weighted by Gasteiger charge is -2.10. The average molecular weight is 354 g/mol. The van der Waals surface area contributed by atoms with Crippen LogP contribution in [0.15, 0.2) is 35.4 Å². The van der Waals surface area contributed by atoms with E-state index in [1.165, 1.54) is 12.8 Å². The van der Waals surface area contributed by atoms with Crippen LogP contribution in [0.2, 0.25) is 0 Å². The number of pyridine rings is 2. The van der Waals surface area contributed by atoms with Crippen molar-refractivity contribution in [2.24, 2.45) is 0 Å². The Balaban J connectivity index is 2.05. The number of ether oxygens (including phenoxy) is 1. The van der Waals surface area contributed by atoms with E-state index in [0.717, 1.165) is 47.2 Å². The summed E-state index contributed by atoms with van der Waals surface area (Å²) in [6, 6.07) is 6.02. The fourth-order valence-corrected chi connectivity index (χ4v) is 3.21. The molecule has 3 aromatic heterocycles. The van der Waals surface area contributed by atoms with Crippen molar-refractivity contribution in [1.82, 2.24) is 19.5 Å². The highest BCUT2D eigenvalue weighted by Gasteiger charge is 2.14. The van der Waals surface area contributed by atoms with Gasteiger partial charge >= 0.3 is 5.69 Å². The predicted octanol–water partition coefficient (Wildman–Crippen LogP) is 3.56. The monoisotopic (exact) mass is 354 g/mol. The van der Waals surface area contributed by atoms with Crippen LogP contribution in [0.1, 0.15) is 38.3 Å². The lowest BCUT2D eigenvalue weighted by Crippen LogP contribution is -2.18. The first kappa shape index (κ1) is 18.3. The van der Waals surface area contributed by atoms with Crippen LogP contribution in [0.4, 0.5) is 0 Å². The smallest absolute Gasteiger partial charge is 0.327 e. The van der Waals surface area contributed by atoms with E-state index in [2.05, 4.69) is 16.9 Å². The summed E-state index contributed by atoms with van der Waals surface area (Å²) in [7, 11) is 1.67. The number of H-pyrrole nitrogens is 1. The van der Waals surface area contributed by atoms with Crippen molar-refractivity contribution >= 4 is 11.2 Å². The molecule has 0 atom stereocenters. The minimum absolute atomic E-state index is 0.116. The number of nitrogens with one attached hydrogen (secondary N) is 1. The van der Waals surface area contributed by atoms with E-state index in [1.807, 2.05) is 18.2 Å². The Bertz CT molecular complexity index is 899. The Morgan fingerprint density at radius 3 is 2.73 bits per heavy atom. The number of hydrogen-bond donors (Lipinski definition) is 1. The molecule has 0 radical (unpaired) electrons. The number of aromatic amines is 1. The van der Waals surface area contributed by atoms with Crippen LogP contribution in [0.3, 0.4) is 0 Å². The van der Waals surface area contributed by atoms with Crippen LogP contribution in [0.5, 0.6) is 0 Å². The Kier molecular flexibility index (Phi) is 6.17. The molecule has 0 saturated carbocycles. The summed E-state index contributed by atoms with van der Waals surface area (Å²) in [5.74, 6) is 0. The largest absolute Gasteiger partial charge is 0.385 e. The van der Waals surface area contributed by atoms with Gasteiger partial charge in [0.25, 0.3) is 0 Å². The molecule has 0 unspecified atom stereocenters. The van der Waals surface area contributed by atoms with Gasteiger partial charge in [0.05, 0.1) is 11.2 Å². The van der Waals surface area contributed by atoms with Crippen molar-refractivity contribution in [3.05, 3.63) is 46.8 Å². The van der Waals surface area contributed by atoms with E-state index in [9.17, 15) is 4.79 Å². The van der Waals surface area contributed by atoms with Crippen LogP contribution in [-0.2, 0) is 17.7 Å². The highest BCUT2D eigenvalue weighted by Crippen LogP contribution is 2.26. The van der Waals surface area contributed by atoms with E-state index >= 15 is 0 Å². The molecule has 0 aliphatic rings. The first-order valence-corrected chi connectivity index (χ1v) is 9.26. The van der Waals surface area contributed by atoms with Gasteiger partial charge in [-0.05, 0) is 43.0 Å². The summed E-state index contributed by atoms with van der Waals surface area (Å²) in [5, 5.41) is 0. The van der Waals surface area contributed by atoms with Crippen LogP contribution in [0, 0.1) is 0 Å². The Morgan fingerprint density at radius 1 is 1.19 bits per heavy atom. The van der Waals surface area contributed by atoms with Crippen molar-refractivity contribution in [2.75, 3.05) is 13.7 Å². The van der Waals surface area contributed by atoms with Crippen LogP contribution in [0.25, 0.3) is 22.3 Å². The molecule has 0 aromatic carbocycles. The van der Waals surface area contributed by atoms with Gasteiger partial charge in [-0.15, -0.1) is 0 Å². The van der Waals surface area contributed by atoms with Gasteiger partial charge in [-0.2, -0.15) is 0 Å². The zero-order valence-corrected chi connectivity index (χ0v) is 15.5. The molecule has 0 aliphatic heterocycles. The molecule has 0 spiro atoms. The maximum absolute atomic E-state index is 12.4. The molecule has 0 aliphatic carbocycles. The highest BCUT2D eigenvalue weighted by molar-refractivity contribution is 5.80. The molecule has 0 fully saturated rings. The summed E-state index contributed by atoms with van der Waals surface area (Å²) in [6.07, 6.45) is 8.68. The Hall–Kier alpha value is -2.47. The molecule has 3 rings (SSSR count). The lowest BCUT2D eigenvalue weighted by molar-refractivity contribution is 0.190. The van der Waals surface area contributed by atoms with Crippen molar-refractivity contribution in [3.63, 3.8) is 0 Å². The molecule has 1 N–H and O–H groups in total. The van der Waals surface area contributed by atoms with Crippen molar-refractivity contribution in [1.29, 1.82) is 0 Å². The maximum Gasteiger partial charge on any atom is 0.327 e. The third-order valence-corrected chi connectivity index (χ3v) is 4.56. The quantitative estimate of drug-likeness (QED) is 0.596. The summed E-state index contributed by atoms with van der Waals surface area (Å²) in [5.41, 5.74) is 4.58. The van der Waals surface area contributed by atoms with Gasteiger partial charge in [-0.1, -0.05) is 19.8 Å². The fourth-order valence-electron chi connectivity index (χ4n) is 3.21. The van der Waals surface area contributed by atoms with Gasteiger partial charge in [0, 0.05) is 38.2 Å². The number of nitrogens with zero attached hydrogens (tertiary/aromatic N) is 3. The summed E-state index contributed by atoms with van der Waals surface area (Å²) in [4.78, 5) is 24.3. The molecular formula is C20H26N4O2. The Labute approximate surface area is 153 Å². The number of unbranched alkanes of at least 4 members (excludes halogenated alkanes) is 2.